The Balaban J connectivity index is 1.80. The van der Waals surface area contributed by atoms with Gasteiger partial charge >= 0.3 is 0 Å². The largest absolute Gasteiger partial charge is 0.396 e. The first kappa shape index (κ1) is 12.8. The standard InChI is InChI=1S/C13H24N2O2/c14-13(6-3-7-13)8-12(17)15-11-5-2-1-4-10(11)9-16/h10-11,16H,1-9,14H2,(H,15,17). The molecule has 1 amide bonds. The molecule has 2 rings (SSSR count). The fourth-order valence-electron chi connectivity index (χ4n) is 3.00. The van der Waals surface area contributed by atoms with E-state index >= 15 is 0 Å². The Morgan fingerprint density at radius 3 is 2.59 bits per heavy atom. The smallest absolute Gasteiger partial charge is 0.222 e. The van der Waals surface area contributed by atoms with Crippen LogP contribution in [0.3, 0.4) is 0 Å². The zero-order chi connectivity index (χ0) is 12.3. The van der Waals surface area contributed by atoms with Gasteiger partial charge in [0.05, 0.1) is 0 Å². The van der Waals surface area contributed by atoms with Crippen LogP contribution in [0.15, 0.2) is 0 Å². The van der Waals surface area contributed by atoms with E-state index in [2.05, 4.69) is 5.32 Å². The second-order valence-electron chi connectivity index (χ2n) is 5.79. The maximum Gasteiger partial charge on any atom is 0.222 e. The first-order valence-electron chi connectivity index (χ1n) is 6.82. The zero-order valence-corrected chi connectivity index (χ0v) is 10.5. The quantitative estimate of drug-likeness (QED) is 0.684. The molecule has 2 aliphatic rings. The monoisotopic (exact) mass is 240 g/mol. The fraction of sp³-hybridized carbons (Fsp3) is 0.923. The third-order valence-corrected chi connectivity index (χ3v) is 4.35. The third kappa shape index (κ3) is 3.19. The number of nitrogens with two attached hydrogens (primary N) is 1. The minimum absolute atomic E-state index is 0.0672. The maximum absolute atomic E-state index is 11.9. The highest BCUT2D eigenvalue weighted by molar-refractivity contribution is 5.77. The minimum atomic E-state index is -0.243. The third-order valence-electron chi connectivity index (χ3n) is 4.35. The van der Waals surface area contributed by atoms with Gasteiger partial charge in [-0.1, -0.05) is 12.8 Å². The van der Waals surface area contributed by atoms with Crippen molar-refractivity contribution < 1.29 is 9.90 Å². The van der Waals surface area contributed by atoms with E-state index in [1.807, 2.05) is 0 Å². The number of nitrogens with one attached hydrogen (secondary N) is 1. The van der Waals surface area contributed by atoms with E-state index < -0.39 is 0 Å². The lowest BCUT2D eigenvalue weighted by Gasteiger charge is -2.38. The summed E-state index contributed by atoms with van der Waals surface area (Å²) in [4.78, 5) is 11.9. The van der Waals surface area contributed by atoms with Gasteiger partial charge in [-0.3, -0.25) is 4.79 Å². The fourth-order valence-corrected chi connectivity index (χ4v) is 3.00. The number of carbonyl (C=O) groups is 1. The van der Waals surface area contributed by atoms with Crippen LogP contribution in [0.5, 0.6) is 0 Å². The molecule has 0 aromatic heterocycles. The summed E-state index contributed by atoms with van der Waals surface area (Å²) in [5.74, 6) is 0.306. The van der Waals surface area contributed by atoms with Crippen LogP contribution < -0.4 is 11.1 Å². The summed E-state index contributed by atoms with van der Waals surface area (Å²) in [6, 6.07) is 0.157. The zero-order valence-electron chi connectivity index (χ0n) is 10.5. The van der Waals surface area contributed by atoms with Crippen LogP contribution in [-0.4, -0.2) is 29.2 Å². The summed E-state index contributed by atoms with van der Waals surface area (Å²) in [5.41, 5.74) is 5.82. The Morgan fingerprint density at radius 2 is 2.00 bits per heavy atom. The molecule has 2 atom stereocenters. The Labute approximate surface area is 103 Å². The normalized spacial score (nSPS) is 31.6. The van der Waals surface area contributed by atoms with Crippen molar-refractivity contribution in [1.29, 1.82) is 0 Å². The summed E-state index contributed by atoms with van der Waals surface area (Å²) in [7, 11) is 0. The van der Waals surface area contributed by atoms with E-state index in [-0.39, 0.29) is 30.0 Å². The number of amides is 1. The molecule has 4 nitrogen and oxygen atoms in total. The summed E-state index contributed by atoms with van der Waals surface area (Å²) in [6.45, 7) is 0.179. The van der Waals surface area contributed by atoms with Crippen molar-refractivity contribution in [2.24, 2.45) is 11.7 Å². The number of aliphatic hydroxyl groups is 1. The van der Waals surface area contributed by atoms with Crippen molar-refractivity contribution in [3.63, 3.8) is 0 Å². The maximum atomic E-state index is 11.9. The molecule has 0 aromatic rings. The molecule has 0 saturated heterocycles. The first-order valence-corrected chi connectivity index (χ1v) is 6.82. The second kappa shape index (κ2) is 5.36. The van der Waals surface area contributed by atoms with Gasteiger partial charge in [-0.2, -0.15) is 0 Å². The second-order valence-corrected chi connectivity index (χ2v) is 5.79. The van der Waals surface area contributed by atoms with Crippen LogP contribution in [0.4, 0.5) is 0 Å². The molecule has 0 heterocycles. The molecule has 17 heavy (non-hydrogen) atoms. The number of carbonyl (C=O) groups excluding carboxylic acids is 1. The van der Waals surface area contributed by atoms with Crippen LogP contribution in [-0.2, 0) is 4.79 Å². The van der Waals surface area contributed by atoms with Gasteiger partial charge in [0.25, 0.3) is 0 Å². The molecule has 0 aromatic carbocycles. The summed E-state index contributed by atoms with van der Waals surface area (Å²) in [6.07, 6.45) is 7.86. The SMILES string of the molecule is NC1(CC(=O)NC2CCCCC2CO)CCC1. The van der Waals surface area contributed by atoms with Crippen molar-refractivity contribution >= 4 is 5.91 Å². The molecule has 0 bridgehead atoms. The lowest BCUT2D eigenvalue weighted by molar-refractivity contribution is -0.124. The summed E-state index contributed by atoms with van der Waals surface area (Å²) >= 11 is 0. The van der Waals surface area contributed by atoms with E-state index in [4.69, 9.17) is 5.73 Å². The van der Waals surface area contributed by atoms with E-state index in [0.717, 1.165) is 38.5 Å². The van der Waals surface area contributed by atoms with Crippen molar-refractivity contribution in [2.75, 3.05) is 6.61 Å². The molecule has 4 N–H and O–H groups in total. The first-order chi connectivity index (χ1) is 8.13. The highest BCUT2D eigenvalue weighted by Gasteiger charge is 2.35. The predicted molar refractivity (Wildman–Crippen MR) is 66.4 cm³/mol. The molecular weight excluding hydrogens is 216 g/mol. The lowest BCUT2D eigenvalue weighted by Crippen LogP contribution is -2.52. The van der Waals surface area contributed by atoms with Gasteiger partial charge in [-0.15, -0.1) is 0 Å². The van der Waals surface area contributed by atoms with Gasteiger partial charge in [-0.25, -0.2) is 0 Å². The van der Waals surface area contributed by atoms with Crippen LogP contribution in [0, 0.1) is 5.92 Å². The Morgan fingerprint density at radius 1 is 1.29 bits per heavy atom. The molecule has 2 aliphatic carbocycles. The summed E-state index contributed by atoms with van der Waals surface area (Å²) in [5, 5.41) is 12.4. The lowest BCUT2D eigenvalue weighted by atomic mass is 9.75. The molecular formula is C13H24N2O2. The molecule has 0 aliphatic heterocycles. The highest BCUT2D eigenvalue weighted by atomic mass is 16.3. The Bertz CT molecular complexity index is 277. The van der Waals surface area contributed by atoms with Gasteiger partial charge in [-0.05, 0) is 32.1 Å². The van der Waals surface area contributed by atoms with Crippen molar-refractivity contribution in [3.05, 3.63) is 0 Å². The number of hydrogen-bond donors (Lipinski definition) is 3. The van der Waals surface area contributed by atoms with Crippen LogP contribution in [0.2, 0.25) is 0 Å². The summed E-state index contributed by atoms with van der Waals surface area (Å²) < 4.78 is 0. The van der Waals surface area contributed by atoms with E-state index in [9.17, 15) is 9.90 Å². The van der Waals surface area contributed by atoms with Crippen LogP contribution >= 0.6 is 0 Å². The van der Waals surface area contributed by atoms with E-state index in [1.165, 1.54) is 6.42 Å². The molecule has 2 fully saturated rings. The van der Waals surface area contributed by atoms with E-state index in [0.29, 0.717) is 6.42 Å². The molecule has 0 radical (unpaired) electrons. The average Bonchev–Trinajstić information content (AvgIpc) is 2.27. The number of aliphatic hydroxyl groups excluding tert-OH is 1. The molecule has 0 spiro atoms. The van der Waals surface area contributed by atoms with Crippen molar-refractivity contribution in [2.45, 2.75) is 62.9 Å². The molecule has 2 unspecified atom stereocenters. The predicted octanol–water partition coefficient (Wildman–Crippen LogP) is 0.925. The van der Waals surface area contributed by atoms with Crippen LogP contribution in [0.25, 0.3) is 0 Å². The Kier molecular flexibility index (Phi) is 4.05. The Hall–Kier alpha value is -0.610. The van der Waals surface area contributed by atoms with E-state index in [1.54, 1.807) is 0 Å². The van der Waals surface area contributed by atoms with Gasteiger partial charge in [0, 0.05) is 30.5 Å². The van der Waals surface area contributed by atoms with Crippen LogP contribution in [0.1, 0.15) is 51.4 Å². The van der Waals surface area contributed by atoms with Crippen molar-refractivity contribution in [1.82, 2.24) is 5.32 Å². The highest BCUT2D eigenvalue weighted by Crippen LogP contribution is 2.32. The number of hydrogen-bond acceptors (Lipinski definition) is 3. The molecule has 4 heteroatoms. The van der Waals surface area contributed by atoms with Gasteiger partial charge in [0.2, 0.25) is 5.91 Å². The van der Waals surface area contributed by atoms with Gasteiger partial charge < -0.3 is 16.2 Å². The average molecular weight is 240 g/mol. The van der Waals surface area contributed by atoms with Crippen molar-refractivity contribution in [3.8, 4) is 0 Å². The molecule has 98 valence electrons. The molecule has 2 saturated carbocycles. The number of rotatable bonds is 4. The van der Waals surface area contributed by atoms with Gasteiger partial charge in [0.15, 0.2) is 0 Å². The van der Waals surface area contributed by atoms with Gasteiger partial charge in [0.1, 0.15) is 0 Å². The minimum Gasteiger partial charge on any atom is -0.396 e. The topological polar surface area (TPSA) is 75.4 Å².